The van der Waals surface area contributed by atoms with Crippen molar-refractivity contribution in [3.63, 3.8) is 0 Å². The van der Waals surface area contributed by atoms with Crippen LogP contribution in [0.2, 0.25) is 0 Å². The maximum Gasteiger partial charge on any atom is 0.137 e. The molecule has 0 spiro atoms. The Labute approximate surface area is 101 Å². The fourth-order valence-corrected chi connectivity index (χ4v) is 2.22. The smallest absolute Gasteiger partial charge is 0.137 e. The summed E-state index contributed by atoms with van der Waals surface area (Å²) in [6.07, 6.45) is 8.16. The molecule has 84 valence electrons. The average molecular weight is 232 g/mol. The number of nitrogens with zero attached hydrogens (tertiary/aromatic N) is 1. The van der Waals surface area contributed by atoms with Crippen LogP contribution in [-0.2, 0) is 6.42 Å². The Balaban J connectivity index is 2.18. The number of aromatic nitrogens is 2. The fourth-order valence-electron chi connectivity index (χ4n) is 1.79. The molecule has 2 nitrogen and oxygen atoms in total. The van der Waals surface area contributed by atoms with Gasteiger partial charge in [0.25, 0.3) is 0 Å². The zero-order valence-electron chi connectivity index (χ0n) is 9.44. The molecular weight excluding hydrogens is 216 g/mol. The van der Waals surface area contributed by atoms with Gasteiger partial charge in [0.1, 0.15) is 5.82 Å². The van der Waals surface area contributed by atoms with Crippen LogP contribution in [0.1, 0.15) is 12.0 Å². The molecule has 0 amide bonds. The predicted molar refractivity (Wildman–Crippen MR) is 70.7 cm³/mol. The molecule has 1 heterocycles. The number of benzene rings is 1. The van der Waals surface area contributed by atoms with Crippen LogP contribution in [0.3, 0.4) is 0 Å². The molecule has 0 radical (unpaired) electrons. The Hall–Kier alpha value is -1.22. The van der Waals surface area contributed by atoms with E-state index in [0.717, 1.165) is 12.2 Å². The topological polar surface area (TPSA) is 28.7 Å². The number of nitrogens with one attached hydrogen (secondary N) is 1. The van der Waals surface area contributed by atoms with Crippen molar-refractivity contribution in [2.24, 2.45) is 0 Å². The van der Waals surface area contributed by atoms with Gasteiger partial charge in [-0.3, -0.25) is 0 Å². The van der Waals surface area contributed by atoms with E-state index in [1.54, 1.807) is 6.20 Å². The maximum atomic E-state index is 4.31. The number of imidazole rings is 1. The zero-order chi connectivity index (χ0) is 11.2. The van der Waals surface area contributed by atoms with Crippen LogP contribution in [0.4, 0.5) is 0 Å². The van der Waals surface area contributed by atoms with Crippen molar-refractivity contribution in [2.45, 2.75) is 12.8 Å². The summed E-state index contributed by atoms with van der Waals surface area (Å²) in [5, 5.41) is 0. The normalized spacial score (nSPS) is 10.6. The molecule has 1 aromatic carbocycles. The second kappa shape index (κ2) is 5.75. The Morgan fingerprint density at radius 1 is 1.31 bits per heavy atom. The zero-order valence-corrected chi connectivity index (χ0v) is 10.3. The van der Waals surface area contributed by atoms with Crippen LogP contribution in [-0.4, -0.2) is 22.0 Å². The van der Waals surface area contributed by atoms with Gasteiger partial charge in [0.2, 0.25) is 0 Å². The highest BCUT2D eigenvalue weighted by molar-refractivity contribution is 7.98. The minimum Gasteiger partial charge on any atom is -0.345 e. The Morgan fingerprint density at radius 2 is 2.19 bits per heavy atom. The molecule has 1 N–H and O–H groups in total. The van der Waals surface area contributed by atoms with E-state index in [1.807, 2.05) is 18.0 Å². The van der Waals surface area contributed by atoms with Gasteiger partial charge in [0.15, 0.2) is 0 Å². The van der Waals surface area contributed by atoms with Crippen LogP contribution in [0.25, 0.3) is 11.4 Å². The first-order valence-corrected chi connectivity index (χ1v) is 6.88. The van der Waals surface area contributed by atoms with E-state index >= 15 is 0 Å². The Morgan fingerprint density at radius 3 is 2.94 bits per heavy atom. The molecule has 0 aliphatic heterocycles. The van der Waals surface area contributed by atoms with E-state index < -0.39 is 0 Å². The largest absolute Gasteiger partial charge is 0.345 e. The highest BCUT2D eigenvalue weighted by Crippen LogP contribution is 2.21. The first kappa shape index (κ1) is 11.3. The van der Waals surface area contributed by atoms with Gasteiger partial charge >= 0.3 is 0 Å². The number of hydrogen-bond donors (Lipinski definition) is 1. The van der Waals surface area contributed by atoms with Crippen molar-refractivity contribution in [3.05, 3.63) is 42.2 Å². The number of aromatic amines is 1. The minimum atomic E-state index is 0.972. The fraction of sp³-hybridized carbons (Fsp3) is 0.308. The molecule has 0 unspecified atom stereocenters. The molecule has 0 atom stereocenters. The Bertz CT molecular complexity index is 423. The van der Waals surface area contributed by atoms with Crippen LogP contribution in [0.5, 0.6) is 0 Å². The number of rotatable bonds is 5. The van der Waals surface area contributed by atoms with Crippen molar-refractivity contribution in [1.29, 1.82) is 0 Å². The van der Waals surface area contributed by atoms with Gasteiger partial charge in [-0.25, -0.2) is 4.98 Å². The molecule has 2 aromatic rings. The van der Waals surface area contributed by atoms with Crippen molar-refractivity contribution < 1.29 is 0 Å². The molecule has 0 bridgehead atoms. The van der Waals surface area contributed by atoms with Gasteiger partial charge in [-0.15, -0.1) is 0 Å². The second-order valence-corrected chi connectivity index (χ2v) is 4.68. The summed E-state index contributed by atoms with van der Waals surface area (Å²) >= 11 is 1.90. The van der Waals surface area contributed by atoms with Crippen molar-refractivity contribution >= 4 is 11.8 Å². The standard InChI is InChI=1S/C13H16N2S/c1-16-10-4-6-11-5-2-3-7-12(11)13-14-8-9-15-13/h2-3,5,7-9H,4,6,10H2,1H3,(H,14,15). The summed E-state index contributed by atoms with van der Waals surface area (Å²) in [7, 11) is 0. The summed E-state index contributed by atoms with van der Waals surface area (Å²) in [5.74, 6) is 2.19. The molecule has 0 aliphatic carbocycles. The van der Waals surface area contributed by atoms with E-state index in [2.05, 4.69) is 40.5 Å². The van der Waals surface area contributed by atoms with Gasteiger partial charge in [-0.2, -0.15) is 11.8 Å². The van der Waals surface area contributed by atoms with E-state index in [1.165, 1.54) is 23.3 Å². The molecule has 3 heteroatoms. The van der Waals surface area contributed by atoms with Crippen molar-refractivity contribution in [2.75, 3.05) is 12.0 Å². The third kappa shape index (κ3) is 2.67. The lowest BCUT2D eigenvalue weighted by Gasteiger charge is -2.06. The molecule has 0 aliphatic rings. The molecule has 2 rings (SSSR count). The lowest BCUT2D eigenvalue weighted by Crippen LogP contribution is -1.92. The van der Waals surface area contributed by atoms with Crippen LogP contribution in [0.15, 0.2) is 36.7 Å². The van der Waals surface area contributed by atoms with Crippen LogP contribution >= 0.6 is 11.8 Å². The van der Waals surface area contributed by atoms with Crippen molar-refractivity contribution in [3.8, 4) is 11.4 Å². The number of hydrogen-bond acceptors (Lipinski definition) is 2. The molecule has 16 heavy (non-hydrogen) atoms. The summed E-state index contributed by atoms with van der Waals surface area (Å²) in [6.45, 7) is 0. The van der Waals surface area contributed by atoms with Gasteiger partial charge in [0, 0.05) is 18.0 Å². The minimum absolute atomic E-state index is 0.972. The SMILES string of the molecule is CSCCCc1ccccc1-c1ncc[nH]1. The van der Waals surface area contributed by atoms with E-state index in [9.17, 15) is 0 Å². The number of aryl methyl sites for hydroxylation is 1. The monoisotopic (exact) mass is 232 g/mol. The molecule has 0 fully saturated rings. The van der Waals surface area contributed by atoms with Crippen molar-refractivity contribution in [1.82, 2.24) is 9.97 Å². The summed E-state index contributed by atoms with van der Waals surface area (Å²) in [6, 6.07) is 8.49. The summed E-state index contributed by atoms with van der Waals surface area (Å²) in [5.41, 5.74) is 2.61. The summed E-state index contributed by atoms with van der Waals surface area (Å²) < 4.78 is 0. The van der Waals surface area contributed by atoms with E-state index in [-0.39, 0.29) is 0 Å². The van der Waals surface area contributed by atoms with Crippen LogP contribution in [0, 0.1) is 0 Å². The first-order chi connectivity index (χ1) is 7.92. The predicted octanol–water partition coefficient (Wildman–Crippen LogP) is 3.37. The highest BCUT2D eigenvalue weighted by Gasteiger charge is 2.05. The van der Waals surface area contributed by atoms with Gasteiger partial charge in [0.05, 0.1) is 0 Å². The van der Waals surface area contributed by atoms with E-state index in [4.69, 9.17) is 0 Å². The third-order valence-electron chi connectivity index (χ3n) is 2.57. The quantitative estimate of drug-likeness (QED) is 0.801. The van der Waals surface area contributed by atoms with Crippen LogP contribution < -0.4 is 0 Å². The number of H-pyrrole nitrogens is 1. The highest BCUT2D eigenvalue weighted by atomic mass is 32.2. The summed E-state index contributed by atoms with van der Waals surface area (Å²) in [4.78, 5) is 7.48. The lowest BCUT2D eigenvalue weighted by molar-refractivity contribution is 0.934. The van der Waals surface area contributed by atoms with Gasteiger partial charge < -0.3 is 4.98 Å². The first-order valence-electron chi connectivity index (χ1n) is 5.48. The maximum absolute atomic E-state index is 4.31. The number of thioether (sulfide) groups is 1. The molecular formula is C13H16N2S. The second-order valence-electron chi connectivity index (χ2n) is 3.69. The van der Waals surface area contributed by atoms with Gasteiger partial charge in [-0.05, 0) is 30.4 Å². The lowest BCUT2D eigenvalue weighted by atomic mass is 10.0. The Kier molecular flexibility index (Phi) is 4.05. The molecule has 1 aromatic heterocycles. The van der Waals surface area contributed by atoms with Gasteiger partial charge in [-0.1, -0.05) is 24.3 Å². The van der Waals surface area contributed by atoms with E-state index in [0.29, 0.717) is 0 Å². The average Bonchev–Trinajstić information content (AvgIpc) is 2.83. The molecule has 0 saturated carbocycles. The third-order valence-corrected chi connectivity index (χ3v) is 3.26. The molecule has 0 saturated heterocycles.